The minimum absolute atomic E-state index is 0.0947. The molecule has 0 aromatic heterocycles. The lowest BCUT2D eigenvalue weighted by Gasteiger charge is -2.28. The molecule has 12 nitrogen and oxygen atoms in total. The van der Waals surface area contributed by atoms with Crippen LogP contribution < -0.4 is 21.3 Å². The van der Waals surface area contributed by atoms with Crippen LogP contribution in [0.25, 0.3) is 21.5 Å². The molecule has 0 bridgehead atoms. The van der Waals surface area contributed by atoms with Gasteiger partial charge in [0, 0.05) is 107 Å². The van der Waals surface area contributed by atoms with Crippen LogP contribution in [0.4, 0.5) is 11.4 Å². The maximum absolute atomic E-state index is 13.3. The molecule has 12 heteroatoms. The van der Waals surface area contributed by atoms with Gasteiger partial charge in [-0.15, -0.1) is 0 Å². The number of anilines is 2. The van der Waals surface area contributed by atoms with E-state index >= 15 is 0 Å². The predicted molar refractivity (Wildman–Crippen MR) is 228 cm³/mol. The molecule has 0 atom stereocenters. The molecule has 2 aliphatic heterocycles. The number of carbonyl (C=O) groups is 6. The number of rotatable bonds is 23. The zero-order valence-corrected chi connectivity index (χ0v) is 33.8. The van der Waals surface area contributed by atoms with Crippen molar-refractivity contribution in [3.05, 3.63) is 82.9 Å². The van der Waals surface area contributed by atoms with E-state index in [9.17, 15) is 28.8 Å². The van der Waals surface area contributed by atoms with Gasteiger partial charge in [-0.2, -0.15) is 0 Å². The molecule has 0 aliphatic carbocycles. The summed E-state index contributed by atoms with van der Waals surface area (Å²) in [6, 6.07) is 18.3. The number of hydrogen-bond donors (Lipinski definition) is 4. The number of amides is 6. The summed E-state index contributed by atoms with van der Waals surface area (Å²) < 4.78 is 0. The van der Waals surface area contributed by atoms with Crippen molar-refractivity contribution < 1.29 is 28.8 Å². The van der Waals surface area contributed by atoms with Gasteiger partial charge in [0.05, 0.1) is 0 Å². The molecule has 6 rings (SSSR count). The van der Waals surface area contributed by atoms with Gasteiger partial charge in [0.15, 0.2) is 0 Å². The number of imide groups is 2. The Hall–Kier alpha value is -5.78. The summed E-state index contributed by atoms with van der Waals surface area (Å²) >= 11 is 0. The largest absolute Gasteiger partial charge is 0.383 e. The molecule has 4 aromatic rings. The van der Waals surface area contributed by atoms with E-state index in [-0.39, 0.29) is 35.4 Å². The van der Waals surface area contributed by atoms with Crippen LogP contribution >= 0.6 is 0 Å². The second kappa shape index (κ2) is 20.1. The second-order valence-electron chi connectivity index (χ2n) is 15.2. The molecule has 0 saturated carbocycles. The summed E-state index contributed by atoms with van der Waals surface area (Å²) in [4.78, 5) is 80.9. The molecule has 0 spiro atoms. The Labute approximate surface area is 340 Å². The third-order valence-electron chi connectivity index (χ3n) is 11.0. The van der Waals surface area contributed by atoms with E-state index in [0.29, 0.717) is 98.0 Å². The van der Waals surface area contributed by atoms with Crippen LogP contribution in [0, 0.1) is 0 Å². The van der Waals surface area contributed by atoms with Gasteiger partial charge in [0.2, 0.25) is 11.8 Å². The van der Waals surface area contributed by atoms with Crippen LogP contribution in [0.3, 0.4) is 0 Å². The molecule has 4 N–H and O–H groups in total. The minimum Gasteiger partial charge on any atom is -0.383 e. The first-order valence-corrected chi connectivity index (χ1v) is 21.1. The molecule has 2 aliphatic rings. The smallest absolute Gasteiger partial charge is 0.261 e. The highest BCUT2D eigenvalue weighted by molar-refractivity contribution is 6.27. The lowest BCUT2D eigenvalue weighted by molar-refractivity contribution is -0.122. The number of hydrogen-bond acceptors (Lipinski definition) is 8. The summed E-state index contributed by atoms with van der Waals surface area (Å²) in [5, 5.41) is 15.5. The highest BCUT2D eigenvalue weighted by Gasteiger charge is 2.34. The van der Waals surface area contributed by atoms with E-state index in [1.165, 1.54) is 9.80 Å². The highest BCUT2D eigenvalue weighted by atomic mass is 16.2. The SMILES string of the molecule is CCCCCCN1C(=O)c2cccc3c(NCCNC(=O)CCCCC(=O)NCCNc4ccc5c6c(cccc46)C(=O)N(CCCCCC)C5=O)ccc(c23)C1=O. The molecule has 6 amide bonds. The summed E-state index contributed by atoms with van der Waals surface area (Å²) in [7, 11) is 0. The Bertz CT molecular complexity index is 1990. The number of nitrogens with zero attached hydrogens (tertiary/aromatic N) is 2. The molecule has 0 saturated heterocycles. The first-order chi connectivity index (χ1) is 28.2. The van der Waals surface area contributed by atoms with Gasteiger partial charge in [-0.05, 0) is 62.1 Å². The van der Waals surface area contributed by atoms with Crippen molar-refractivity contribution >= 4 is 68.4 Å². The topological polar surface area (TPSA) is 157 Å². The Kier molecular flexibility index (Phi) is 14.5. The van der Waals surface area contributed by atoms with Crippen molar-refractivity contribution in [3.8, 4) is 0 Å². The van der Waals surface area contributed by atoms with E-state index in [4.69, 9.17) is 0 Å². The van der Waals surface area contributed by atoms with Gasteiger partial charge >= 0.3 is 0 Å². The number of carbonyl (C=O) groups excluding carboxylic acids is 6. The van der Waals surface area contributed by atoms with Gasteiger partial charge in [0.1, 0.15) is 0 Å². The van der Waals surface area contributed by atoms with Gasteiger partial charge in [-0.25, -0.2) is 0 Å². The Morgan fingerprint density at radius 2 is 0.862 bits per heavy atom. The fourth-order valence-corrected chi connectivity index (χ4v) is 7.95. The van der Waals surface area contributed by atoms with Crippen LogP contribution in [0.5, 0.6) is 0 Å². The van der Waals surface area contributed by atoms with E-state index in [0.717, 1.165) is 73.5 Å². The van der Waals surface area contributed by atoms with Crippen molar-refractivity contribution in [2.24, 2.45) is 0 Å². The van der Waals surface area contributed by atoms with Gasteiger partial charge < -0.3 is 21.3 Å². The van der Waals surface area contributed by atoms with Crippen molar-refractivity contribution in [1.82, 2.24) is 20.4 Å². The average Bonchev–Trinajstić information content (AvgIpc) is 3.23. The monoisotopic (exact) mass is 788 g/mol. The van der Waals surface area contributed by atoms with Gasteiger partial charge in [-0.1, -0.05) is 76.6 Å². The van der Waals surface area contributed by atoms with Crippen LogP contribution in [0.15, 0.2) is 60.7 Å². The van der Waals surface area contributed by atoms with Crippen LogP contribution in [-0.4, -0.2) is 84.5 Å². The standard InChI is InChI=1S/C46H56N6O6/c1-3-5-7-11-29-51-43(55)33-17-13-15-31-37(23-21-35(41(31)33)45(51)57)47-25-27-49-39(53)19-9-10-20-40(54)50-28-26-48-38-24-22-36-42-32(38)16-14-18-34(42)44(56)52(46(36)58)30-12-8-6-4-2/h13-18,21-24,47-48H,3-12,19-20,25-30H2,1-2H3,(H,49,53)(H,50,54). The van der Waals surface area contributed by atoms with E-state index in [1.807, 2.05) is 36.4 Å². The summed E-state index contributed by atoms with van der Waals surface area (Å²) in [5.74, 6) is -1.19. The second-order valence-corrected chi connectivity index (χ2v) is 15.2. The summed E-state index contributed by atoms with van der Waals surface area (Å²) in [6.07, 6.45) is 9.62. The highest BCUT2D eigenvalue weighted by Crippen LogP contribution is 2.36. The summed E-state index contributed by atoms with van der Waals surface area (Å²) in [5.41, 5.74) is 3.72. The number of nitrogens with one attached hydrogen (secondary N) is 4. The maximum Gasteiger partial charge on any atom is 0.261 e. The maximum atomic E-state index is 13.3. The van der Waals surface area contributed by atoms with Crippen molar-refractivity contribution in [2.75, 3.05) is 49.9 Å². The molecular formula is C46H56N6O6. The van der Waals surface area contributed by atoms with E-state index in [2.05, 4.69) is 35.1 Å². The minimum atomic E-state index is -0.251. The van der Waals surface area contributed by atoms with Crippen LogP contribution in [0.2, 0.25) is 0 Å². The van der Waals surface area contributed by atoms with Gasteiger partial charge in [0.25, 0.3) is 23.6 Å². The van der Waals surface area contributed by atoms with E-state index in [1.54, 1.807) is 24.3 Å². The molecule has 4 aromatic carbocycles. The zero-order valence-electron chi connectivity index (χ0n) is 33.8. The third-order valence-corrected chi connectivity index (χ3v) is 11.0. The first-order valence-electron chi connectivity index (χ1n) is 21.1. The van der Waals surface area contributed by atoms with Crippen LogP contribution in [0.1, 0.15) is 132 Å². The lowest BCUT2D eigenvalue weighted by Crippen LogP contribution is -2.40. The third kappa shape index (κ3) is 9.49. The van der Waals surface area contributed by atoms with E-state index < -0.39 is 0 Å². The molecular weight excluding hydrogens is 733 g/mol. The number of benzene rings is 4. The predicted octanol–water partition coefficient (Wildman–Crippen LogP) is 7.66. The fourth-order valence-electron chi connectivity index (χ4n) is 7.95. The van der Waals surface area contributed by atoms with Crippen molar-refractivity contribution in [2.45, 2.75) is 90.9 Å². The average molecular weight is 789 g/mol. The molecule has 306 valence electrons. The van der Waals surface area contributed by atoms with Gasteiger partial charge in [-0.3, -0.25) is 38.6 Å². The quantitative estimate of drug-likeness (QED) is 0.0441. The van der Waals surface area contributed by atoms with Crippen molar-refractivity contribution in [1.29, 1.82) is 0 Å². The normalized spacial score (nSPS) is 13.4. The van der Waals surface area contributed by atoms with Crippen LogP contribution in [-0.2, 0) is 9.59 Å². The molecule has 0 unspecified atom stereocenters. The Balaban J connectivity index is 0.881. The molecule has 58 heavy (non-hydrogen) atoms. The number of unbranched alkanes of at least 4 members (excludes halogenated alkanes) is 7. The lowest BCUT2D eigenvalue weighted by atomic mass is 9.93. The fraction of sp³-hybridized carbons (Fsp3) is 0.435. The Morgan fingerprint density at radius 1 is 0.466 bits per heavy atom. The summed E-state index contributed by atoms with van der Waals surface area (Å²) in [6.45, 7) is 6.79. The molecule has 0 fully saturated rings. The zero-order chi connectivity index (χ0) is 41.0. The molecule has 2 heterocycles. The molecule has 0 radical (unpaired) electrons. The Morgan fingerprint density at radius 3 is 1.26 bits per heavy atom. The van der Waals surface area contributed by atoms with Crippen molar-refractivity contribution in [3.63, 3.8) is 0 Å². The first kappa shape index (κ1) is 41.8.